The molecule has 0 fully saturated rings. The Morgan fingerprint density at radius 3 is 2.71 bits per heavy atom. The summed E-state index contributed by atoms with van der Waals surface area (Å²) in [4.78, 5) is 6.36. The summed E-state index contributed by atoms with van der Waals surface area (Å²) in [6.45, 7) is 2.24. The number of hydrogen-bond donors (Lipinski definition) is 1. The lowest BCUT2D eigenvalue weighted by Crippen LogP contribution is -2.24. The molecule has 1 heterocycles. The fourth-order valence-corrected chi connectivity index (χ4v) is 2.76. The summed E-state index contributed by atoms with van der Waals surface area (Å²) in [5.41, 5.74) is 8.88. The minimum atomic E-state index is 0.504. The van der Waals surface area contributed by atoms with Crippen LogP contribution in [-0.2, 0) is 13.1 Å². The van der Waals surface area contributed by atoms with Crippen molar-refractivity contribution in [3.8, 4) is 6.07 Å². The molecule has 0 aliphatic carbocycles. The first-order valence-electron chi connectivity index (χ1n) is 6.70. The summed E-state index contributed by atoms with van der Waals surface area (Å²) in [6.07, 6.45) is 4.12. The van der Waals surface area contributed by atoms with Crippen LogP contribution in [0.3, 0.4) is 0 Å². The summed E-state index contributed by atoms with van der Waals surface area (Å²) in [7, 11) is 0. The van der Waals surface area contributed by atoms with Gasteiger partial charge in [-0.25, -0.2) is 0 Å². The molecule has 0 aliphatic rings. The van der Waals surface area contributed by atoms with Crippen molar-refractivity contribution in [2.45, 2.75) is 19.5 Å². The van der Waals surface area contributed by atoms with Crippen LogP contribution in [0.5, 0.6) is 0 Å². The van der Waals surface area contributed by atoms with Gasteiger partial charge in [-0.15, -0.1) is 0 Å². The van der Waals surface area contributed by atoms with E-state index in [2.05, 4.69) is 37.9 Å². The zero-order valence-electron chi connectivity index (χ0n) is 11.7. The molecule has 0 saturated carbocycles. The predicted molar refractivity (Wildman–Crippen MR) is 87.1 cm³/mol. The first kappa shape index (κ1) is 15.5. The van der Waals surface area contributed by atoms with E-state index >= 15 is 0 Å². The normalized spacial score (nSPS) is 10.5. The highest BCUT2D eigenvalue weighted by atomic mass is 79.9. The third-order valence-electron chi connectivity index (χ3n) is 3.05. The van der Waals surface area contributed by atoms with Gasteiger partial charge in [0.05, 0.1) is 6.07 Å². The Bertz CT molecular complexity index is 602. The van der Waals surface area contributed by atoms with E-state index in [1.165, 1.54) is 0 Å². The Morgan fingerprint density at radius 2 is 2.05 bits per heavy atom. The molecule has 0 radical (unpaired) electrons. The molecule has 0 bridgehead atoms. The lowest BCUT2D eigenvalue weighted by atomic mass is 10.1. The third kappa shape index (κ3) is 5.18. The number of nitrogen functional groups attached to an aromatic ring is 1. The number of rotatable bonds is 6. The summed E-state index contributed by atoms with van der Waals surface area (Å²) >= 11 is 3.46. The van der Waals surface area contributed by atoms with Crippen molar-refractivity contribution < 1.29 is 0 Å². The van der Waals surface area contributed by atoms with E-state index in [1.807, 2.05) is 30.5 Å². The van der Waals surface area contributed by atoms with Crippen LogP contribution in [0.15, 0.2) is 47.2 Å². The van der Waals surface area contributed by atoms with Crippen LogP contribution >= 0.6 is 15.9 Å². The Labute approximate surface area is 133 Å². The van der Waals surface area contributed by atoms with E-state index in [9.17, 15) is 0 Å². The number of pyridine rings is 1. The summed E-state index contributed by atoms with van der Waals surface area (Å²) in [6, 6.07) is 12.1. The fourth-order valence-electron chi connectivity index (χ4n) is 2.20. The van der Waals surface area contributed by atoms with E-state index in [0.717, 1.165) is 40.9 Å². The molecule has 4 nitrogen and oxygen atoms in total. The van der Waals surface area contributed by atoms with Gasteiger partial charge in [-0.3, -0.25) is 9.88 Å². The van der Waals surface area contributed by atoms with E-state index in [-0.39, 0.29) is 0 Å². The molecule has 1 aromatic carbocycles. The molecular formula is C16H17BrN4. The molecule has 0 spiro atoms. The molecule has 0 unspecified atom stereocenters. The number of aromatic nitrogens is 1. The lowest BCUT2D eigenvalue weighted by molar-refractivity contribution is 0.262. The van der Waals surface area contributed by atoms with Crippen LogP contribution in [0, 0.1) is 11.3 Å². The topological polar surface area (TPSA) is 65.9 Å². The molecule has 0 amide bonds. The number of benzene rings is 1. The van der Waals surface area contributed by atoms with Gasteiger partial charge in [0.25, 0.3) is 0 Å². The predicted octanol–water partition coefficient (Wildman–Crippen LogP) is 3.34. The molecule has 108 valence electrons. The highest BCUT2D eigenvalue weighted by Gasteiger charge is 2.08. The standard InChI is InChI=1S/C16H17BrN4/c17-15-7-14(8-16(19)9-15)12-21(6-2-4-18)11-13-3-1-5-20-10-13/h1,3,5,7-10H,2,6,11-12,19H2. The number of nitriles is 1. The van der Waals surface area contributed by atoms with Crippen LogP contribution in [0.1, 0.15) is 17.5 Å². The van der Waals surface area contributed by atoms with Gasteiger partial charge in [0.2, 0.25) is 0 Å². The molecule has 0 aliphatic heterocycles. The number of hydrogen-bond acceptors (Lipinski definition) is 4. The van der Waals surface area contributed by atoms with Gasteiger partial charge in [-0.2, -0.15) is 5.26 Å². The molecule has 0 saturated heterocycles. The maximum Gasteiger partial charge on any atom is 0.0635 e. The van der Waals surface area contributed by atoms with Gasteiger partial charge in [-0.1, -0.05) is 22.0 Å². The molecule has 2 N–H and O–H groups in total. The average molecular weight is 345 g/mol. The minimum Gasteiger partial charge on any atom is -0.399 e. The minimum absolute atomic E-state index is 0.504. The first-order valence-corrected chi connectivity index (χ1v) is 7.50. The van der Waals surface area contributed by atoms with Crippen molar-refractivity contribution in [3.63, 3.8) is 0 Å². The molecular weight excluding hydrogens is 328 g/mol. The Balaban J connectivity index is 2.10. The van der Waals surface area contributed by atoms with E-state index in [1.54, 1.807) is 6.20 Å². The van der Waals surface area contributed by atoms with E-state index < -0.39 is 0 Å². The Kier molecular flexibility index (Phi) is 5.73. The average Bonchev–Trinajstić information content (AvgIpc) is 2.45. The largest absolute Gasteiger partial charge is 0.399 e. The number of nitrogens with zero attached hydrogens (tertiary/aromatic N) is 3. The second kappa shape index (κ2) is 7.77. The molecule has 2 rings (SSSR count). The van der Waals surface area contributed by atoms with Crippen LogP contribution in [0.4, 0.5) is 5.69 Å². The highest BCUT2D eigenvalue weighted by molar-refractivity contribution is 9.10. The summed E-state index contributed by atoms with van der Waals surface area (Å²) in [5.74, 6) is 0. The molecule has 5 heteroatoms. The third-order valence-corrected chi connectivity index (χ3v) is 3.51. The highest BCUT2D eigenvalue weighted by Crippen LogP contribution is 2.19. The second-order valence-electron chi connectivity index (χ2n) is 4.87. The van der Waals surface area contributed by atoms with Crippen LogP contribution in [0.2, 0.25) is 0 Å². The number of halogens is 1. The lowest BCUT2D eigenvalue weighted by Gasteiger charge is -2.21. The zero-order valence-corrected chi connectivity index (χ0v) is 13.3. The first-order chi connectivity index (χ1) is 10.2. The van der Waals surface area contributed by atoms with Crippen molar-refractivity contribution in [1.29, 1.82) is 5.26 Å². The molecule has 21 heavy (non-hydrogen) atoms. The molecule has 1 aromatic heterocycles. The van der Waals surface area contributed by atoms with Crippen LogP contribution in [0.25, 0.3) is 0 Å². The van der Waals surface area contributed by atoms with Crippen LogP contribution < -0.4 is 5.73 Å². The van der Waals surface area contributed by atoms with Crippen molar-refractivity contribution in [1.82, 2.24) is 9.88 Å². The Hall–Kier alpha value is -1.90. The quantitative estimate of drug-likeness (QED) is 0.816. The van der Waals surface area contributed by atoms with Gasteiger partial charge < -0.3 is 5.73 Å². The van der Waals surface area contributed by atoms with Gasteiger partial charge >= 0.3 is 0 Å². The number of nitrogens with two attached hydrogens (primary N) is 1. The van der Waals surface area contributed by atoms with Gasteiger partial charge in [-0.05, 0) is 35.4 Å². The van der Waals surface area contributed by atoms with E-state index in [4.69, 9.17) is 11.0 Å². The smallest absolute Gasteiger partial charge is 0.0635 e. The fraction of sp³-hybridized carbons (Fsp3) is 0.250. The van der Waals surface area contributed by atoms with Gasteiger partial charge in [0.1, 0.15) is 0 Å². The van der Waals surface area contributed by atoms with Crippen molar-refractivity contribution in [2.75, 3.05) is 12.3 Å². The maximum atomic E-state index is 8.82. The van der Waals surface area contributed by atoms with Gasteiger partial charge in [0.15, 0.2) is 0 Å². The monoisotopic (exact) mass is 344 g/mol. The van der Waals surface area contributed by atoms with Crippen molar-refractivity contribution >= 4 is 21.6 Å². The Morgan fingerprint density at radius 1 is 1.24 bits per heavy atom. The molecule has 2 aromatic rings. The SMILES string of the molecule is N#CCCN(Cc1cccnc1)Cc1cc(N)cc(Br)c1. The van der Waals surface area contributed by atoms with E-state index in [0.29, 0.717) is 6.42 Å². The summed E-state index contributed by atoms with van der Waals surface area (Å²) < 4.78 is 0.971. The molecule has 0 atom stereocenters. The van der Waals surface area contributed by atoms with Crippen molar-refractivity contribution in [2.24, 2.45) is 0 Å². The maximum absolute atomic E-state index is 8.82. The van der Waals surface area contributed by atoms with Gasteiger partial charge in [0, 0.05) is 48.6 Å². The summed E-state index contributed by atoms with van der Waals surface area (Å²) in [5, 5.41) is 8.82. The zero-order chi connectivity index (χ0) is 15.1. The second-order valence-corrected chi connectivity index (χ2v) is 5.79. The van der Waals surface area contributed by atoms with Crippen molar-refractivity contribution in [3.05, 3.63) is 58.3 Å². The van der Waals surface area contributed by atoms with Crippen LogP contribution in [-0.4, -0.2) is 16.4 Å². The number of anilines is 1.